The van der Waals surface area contributed by atoms with Gasteiger partial charge in [-0.05, 0) is 18.9 Å². The fraction of sp³-hybridized carbons (Fsp3) is 0.600. The average Bonchev–Trinajstić information content (AvgIpc) is 2.16. The van der Waals surface area contributed by atoms with Gasteiger partial charge in [-0.15, -0.1) is 0 Å². The first-order valence-corrected chi connectivity index (χ1v) is 5.46. The van der Waals surface area contributed by atoms with Gasteiger partial charge >= 0.3 is 0 Å². The standard InChI is InChI=1S/C10H15BrO2/c1-2-8-3-4-10(9(11)7-8)13-6-5-12/h4,7,9,12H,2-3,5-6H2,1H3. The van der Waals surface area contributed by atoms with E-state index in [-0.39, 0.29) is 11.4 Å². The van der Waals surface area contributed by atoms with Gasteiger partial charge in [0.05, 0.1) is 11.4 Å². The second kappa shape index (κ2) is 5.45. The van der Waals surface area contributed by atoms with Gasteiger partial charge in [-0.3, -0.25) is 0 Å². The van der Waals surface area contributed by atoms with Crippen LogP contribution in [-0.4, -0.2) is 23.1 Å². The maximum absolute atomic E-state index is 8.60. The fourth-order valence-corrected chi connectivity index (χ4v) is 1.96. The van der Waals surface area contributed by atoms with Crippen LogP contribution in [0.2, 0.25) is 0 Å². The molecule has 0 spiro atoms. The molecule has 3 heteroatoms. The Hall–Kier alpha value is -0.280. The van der Waals surface area contributed by atoms with Crippen LogP contribution in [0, 0.1) is 0 Å². The Kier molecular flexibility index (Phi) is 4.53. The van der Waals surface area contributed by atoms with E-state index >= 15 is 0 Å². The largest absolute Gasteiger partial charge is 0.494 e. The topological polar surface area (TPSA) is 29.5 Å². The number of aliphatic hydroxyl groups excluding tert-OH is 1. The molecule has 74 valence electrons. The van der Waals surface area contributed by atoms with Crippen molar-refractivity contribution in [1.82, 2.24) is 0 Å². The van der Waals surface area contributed by atoms with E-state index in [1.807, 2.05) is 0 Å². The smallest absolute Gasteiger partial charge is 0.111 e. The van der Waals surface area contributed by atoms with E-state index in [0.717, 1.165) is 18.6 Å². The molecule has 1 aliphatic rings. The van der Waals surface area contributed by atoms with Crippen LogP contribution in [0.4, 0.5) is 0 Å². The molecule has 0 amide bonds. The molecule has 0 saturated carbocycles. The lowest BCUT2D eigenvalue weighted by atomic mass is 10.0. The SMILES string of the molecule is CCC1=CC(Br)C(OCCO)=CC1. The molecule has 1 N–H and O–H groups in total. The number of ether oxygens (including phenoxy) is 1. The lowest BCUT2D eigenvalue weighted by Crippen LogP contribution is -2.10. The van der Waals surface area contributed by atoms with Gasteiger partial charge in [-0.25, -0.2) is 0 Å². The Morgan fingerprint density at radius 2 is 2.46 bits per heavy atom. The zero-order chi connectivity index (χ0) is 9.68. The fourth-order valence-electron chi connectivity index (χ4n) is 1.27. The van der Waals surface area contributed by atoms with Crippen molar-refractivity contribution < 1.29 is 9.84 Å². The van der Waals surface area contributed by atoms with Crippen molar-refractivity contribution in [1.29, 1.82) is 0 Å². The van der Waals surface area contributed by atoms with Crippen molar-refractivity contribution >= 4 is 15.9 Å². The van der Waals surface area contributed by atoms with E-state index in [0.29, 0.717) is 6.61 Å². The van der Waals surface area contributed by atoms with Crippen molar-refractivity contribution in [3.05, 3.63) is 23.5 Å². The summed E-state index contributed by atoms with van der Waals surface area (Å²) in [7, 11) is 0. The molecule has 0 aromatic heterocycles. The third-order valence-electron chi connectivity index (χ3n) is 2.03. The Morgan fingerprint density at radius 3 is 3.00 bits per heavy atom. The molecule has 1 unspecified atom stereocenters. The summed E-state index contributed by atoms with van der Waals surface area (Å²) < 4.78 is 5.36. The minimum absolute atomic E-state index is 0.0708. The molecule has 1 atom stereocenters. The number of halogens is 1. The van der Waals surface area contributed by atoms with Crippen molar-refractivity contribution in [3.8, 4) is 0 Å². The van der Waals surface area contributed by atoms with E-state index in [1.54, 1.807) is 0 Å². The summed E-state index contributed by atoms with van der Waals surface area (Å²) in [4.78, 5) is 0.183. The van der Waals surface area contributed by atoms with Gasteiger partial charge < -0.3 is 9.84 Å². The predicted octanol–water partition coefficient (Wildman–Crippen LogP) is 2.38. The van der Waals surface area contributed by atoms with Gasteiger partial charge in [-0.2, -0.15) is 0 Å². The Labute approximate surface area is 87.4 Å². The van der Waals surface area contributed by atoms with Crippen LogP contribution in [0.25, 0.3) is 0 Å². The molecular weight excluding hydrogens is 232 g/mol. The zero-order valence-corrected chi connectivity index (χ0v) is 9.38. The zero-order valence-electron chi connectivity index (χ0n) is 7.79. The predicted molar refractivity (Wildman–Crippen MR) is 56.8 cm³/mol. The minimum atomic E-state index is 0.0708. The monoisotopic (exact) mass is 246 g/mol. The molecule has 0 saturated heterocycles. The lowest BCUT2D eigenvalue weighted by molar-refractivity contribution is 0.143. The first-order valence-electron chi connectivity index (χ1n) is 4.55. The average molecular weight is 247 g/mol. The number of aliphatic hydroxyl groups is 1. The van der Waals surface area contributed by atoms with Crippen LogP contribution >= 0.6 is 15.9 Å². The minimum Gasteiger partial charge on any atom is -0.494 e. The van der Waals surface area contributed by atoms with Crippen LogP contribution < -0.4 is 0 Å². The first-order chi connectivity index (χ1) is 6.27. The van der Waals surface area contributed by atoms with E-state index in [9.17, 15) is 0 Å². The van der Waals surface area contributed by atoms with Crippen LogP contribution in [0.1, 0.15) is 19.8 Å². The lowest BCUT2D eigenvalue weighted by Gasteiger charge is -2.18. The summed E-state index contributed by atoms with van der Waals surface area (Å²) in [6.07, 6.45) is 6.31. The highest BCUT2D eigenvalue weighted by atomic mass is 79.9. The molecule has 0 aromatic rings. The number of allylic oxidation sites excluding steroid dienone is 3. The van der Waals surface area contributed by atoms with Crippen LogP contribution in [0.3, 0.4) is 0 Å². The second-order valence-corrected chi connectivity index (χ2v) is 3.95. The van der Waals surface area contributed by atoms with Gasteiger partial charge in [0, 0.05) is 0 Å². The second-order valence-electron chi connectivity index (χ2n) is 2.96. The molecule has 13 heavy (non-hydrogen) atoms. The summed E-state index contributed by atoms with van der Waals surface area (Å²) >= 11 is 3.51. The third-order valence-corrected chi connectivity index (χ3v) is 2.75. The Bertz CT molecular complexity index is 221. The number of rotatable bonds is 4. The quantitative estimate of drug-likeness (QED) is 0.610. The van der Waals surface area contributed by atoms with Crippen molar-refractivity contribution in [2.24, 2.45) is 0 Å². The van der Waals surface area contributed by atoms with Crippen LogP contribution in [0.5, 0.6) is 0 Å². The van der Waals surface area contributed by atoms with Gasteiger partial charge in [-0.1, -0.05) is 34.5 Å². The molecule has 0 radical (unpaired) electrons. The third kappa shape index (κ3) is 3.16. The first kappa shape index (κ1) is 10.8. The molecule has 0 bridgehead atoms. The van der Waals surface area contributed by atoms with Crippen LogP contribution in [0.15, 0.2) is 23.5 Å². The van der Waals surface area contributed by atoms with Gasteiger partial charge in [0.15, 0.2) is 0 Å². The van der Waals surface area contributed by atoms with Crippen LogP contribution in [-0.2, 0) is 4.74 Å². The molecular formula is C10H15BrO2. The van der Waals surface area contributed by atoms with Gasteiger partial charge in [0.25, 0.3) is 0 Å². The van der Waals surface area contributed by atoms with Gasteiger partial charge in [0.2, 0.25) is 0 Å². The molecule has 0 heterocycles. The highest BCUT2D eigenvalue weighted by Crippen LogP contribution is 2.25. The molecule has 1 rings (SSSR count). The van der Waals surface area contributed by atoms with E-state index < -0.39 is 0 Å². The van der Waals surface area contributed by atoms with Gasteiger partial charge in [0.1, 0.15) is 12.4 Å². The Balaban J connectivity index is 2.47. The summed E-state index contributed by atoms with van der Waals surface area (Å²) in [6, 6.07) is 0. The molecule has 0 aromatic carbocycles. The summed E-state index contributed by atoms with van der Waals surface area (Å²) in [5.74, 6) is 0.922. The van der Waals surface area contributed by atoms with Crippen molar-refractivity contribution in [3.63, 3.8) is 0 Å². The molecule has 0 aliphatic heterocycles. The highest BCUT2D eigenvalue weighted by Gasteiger charge is 2.14. The molecule has 0 fully saturated rings. The van der Waals surface area contributed by atoms with E-state index in [4.69, 9.17) is 9.84 Å². The molecule has 2 nitrogen and oxygen atoms in total. The summed E-state index contributed by atoms with van der Waals surface area (Å²) in [5.41, 5.74) is 1.43. The van der Waals surface area contributed by atoms with E-state index in [1.165, 1.54) is 5.57 Å². The summed E-state index contributed by atoms with van der Waals surface area (Å²) in [6.45, 7) is 2.60. The number of alkyl halides is 1. The summed E-state index contributed by atoms with van der Waals surface area (Å²) in [5, 5.41) is 8.60. The highest BCUT2D eigenvalue weighted by molar-refractivity contribution is 9.09. The molecule has 1 aliphatic carbocycles. The van der Waals surface area contributed by atoms with E-state index in [2.05, 4.69) is 35.0 Å². The Morgan fingerprint density at radius 1 is 1.69 bits per heavy atom. The number of hydrogen-bond acceptors (Lipinski definition) is 2. The van der Waals surface area contributed by atoms with Crippen molar-refractivity contribution in [2.75, 3.05) is 13.2 Å². The maximum Gasteiger partial charge on any atom is 0.111 e. The van der Waals surface area contributed by atoms with Crippen molar-refractivity contribution in [2.45, 2.75) is 24.6 Å². The number of hydrogen-bond donors (Lipinski definition) is 1. The normalized spacial score (nSPS) is 22.2. The maximum atomic E-state index is 8.60.